The number of ether oxygens (including phenoxy) is 1. The third-order valence-electron chi connectivity index (χ3n) is 1.75. The fourth-order valence-corrected chi connectivity index (χ4v) is 0.994. The molecule has 0 aliphatic heterocycles. The van der Waals surface area contributed by atoms with Crippen LogP contribution < -0.4 is 4.74 Å². The number of nitro benzene ring substituents is 1. The molecule has 1 rings (SSSR count). The van der Waals surface area contributed by atoms with Gasteiger partial charge in [0.15, 0.2) is 12.5 Å². The number of rotatable bonds is 5. The molecule has 92 valence electrons. The maximum atomic E-state index is 13.2. The van der Waals surface area contributed by atoms with Crippen LogP contribution in [-0.4, -0.2) is 24.0 Å². The quantitative estimate of drug-likeness (QED) is 0.589. The molecule has 5 nitrogen and oxygen atoms in total. The Morgan fingerprint density at radius 1 is 1.41 bits per heavy atom. The van der Waals surface area contributed by atoms with Crippen molar-refractivity contribution in [2.45, 2.75) is 0 Å². The molecule has 0 saturated heterocycles. The number of nitrogens with zero attached hydrogens (tertiary/aromatic N) is 1. The van der Waals surface area contributed by atoms with Gasteiger partial charge in [0.05, 0.1) is 4.92 Å². The minimum Gasteiger partial charge on any atom is -0.477 e. The summed E-state index contributed by atoms with van der Waals surface area (Å²) in [7, 11) is 0. The number of hydrogen-bond acceptors (Lipinski definition) is 4. The van der Waals surface area contributed by atoms with E-state index in [1.807, 2.05) is 0 Å². The summed E-state index contributed by atoms with van der Waals surface area (Å²) < 4.78 is 42.2. The number of carbonyl (C=O) groups excluding carboxylic acids is 1. The van der Waals surface area contributed by atoms with Crippen LogP contribution in [0.5, 0.6) is 5.75 Å². The predicted octanol–water partition coefficient (Wildman–Crippen LogP) is 1.79. The van der Waals surface area contributed by atoms with Gasteiger partial charge in [0.2, 0.25) is 17.3 Å². The van der Waals surface area contributed by atoms with E-state index in [0.717, 1.165) is 0 Å². The molecule has 0 aliphatic carbocycles. The van der Waals surface area contributed by atoms with Crippen molar-refractivity contribution >= 4 is 11.5 Å². The molecule has 8 heteroatoms. The summed E-state index contributed by atoms with van der Waals surface area (Å²) in [5.74, 6) is -5.01. The Morgan fingerprint density at radius 3 is 2.59 bits per heavy atom. The molecule has 0 saturated carbocycles. The molecule has 0 heterocycles. The van der Waals surface area contributed by atoms with E-state index in [2.05, 4.69) is 4.74 Å². The molecule has 0 amide bonds. The lowest BCUT2D eigenvalue weighted by molar-refractivity contribution is -0.386. The van der Waals surface area contributed by atoms with Crippen LogP contribution in [0.3, 0.4) is 0 Å². The highest BCUT2D eigenvalue weighted by Gasteiger charge is 2.23. The van der Waals surface area contributed by atoms with Gasteiger partial charge in [-0.15, -0.1) is 0 Å². The van der Waals surface area contributed by atoms with Gasteiger partial charge in [0.25, 0.3) is 0 Å². The van der Waals surface area contributed by atoms with E-state index in [1.165, 1.54) is 0 Å². The maximum Gasteiger partial charge on any atom is 0.314 e. The number of alkyl halides is 1. The zero-order valence-corrected chi connectivity index (χ0v) is 8.28. The second kappa shape index (κ2) is 5.28. The minimum atomic E-state index is -1.59. The molecule has 1 aromatic rings. The van der Waals surface area contributed by atoms with Crippen molar-refractivity contribution in [1.29, 1.82) is 0 Å². The van der Waals surface area contributed by atoms with Crippen LogP contribution in [0.4, 0.5) is 18.9 Å². The third-order valence-corrected chi connectivity index (χ3v) is 1.75. The van der Waals surface area contributed by atoms with Gasteiger partial charge >= 0.3 is 5.69 Å². The van der Waals surface area contributed by atoms with Gasteiger partial charge in [0, 0.05) is 6.07 Å². The van der Waals surface area contributed by atoms with Crippen LogP contribution in [0, 0.1) is 21.7 Å². The lowest BCUT2D eigenvalue weighted by atomic mass is 10.2. The molecule has 0 radical (unpaired) electrons. The fraction of sp³-hybridized carbons (Fsp3) is 0.222. The van der Waals surface area contributed by atoms with Crippen LogP contribution in [-0.2, 0) is 4.79 Å². The number of benzene rings is 1. The van der Waals surface area contributed by atoms with E-state index in [4.69, 9.17) is 0 Å². The summed E-state index contributed by atoms with van der Waals surface area (Å²) in [4.78, 5) is 20.1. The van der Waals surface area contributed by atoms with Gasteiger partial charge in [0.1, 0.15) is 6.61 Å². The first kappa shape index (κ1) is 12.9. The van der Waals surface area contributed by atoms with Crippen LogP contribution in [0.15, 0.2) is 12.1 Å². The highest BCUT2D eigenvalue weighted by atomic mass is 19.2. The molecule has 17 heavy (non-hydrogen) atoms. The van der Waals surface area contributed by atoms with Crippen molar-refractivity contribution in [3.8, 4) is 5.75 Å². The first-order valence-corrected chi connectivity index (χ1v) is 4.30. The normalized spacial score (nSPS) is 10.1. The Labute approximate surface area is 93.0 Å². The number of halogens is 3. The van der Waals surface area contributed by atoms with Crippen molar-refractivity contribution in [1.82, 2.24) is 0 Å². The summed E-state index contributed by atoms with van der Waals surface area (Å²) in [6.45, 7) is -2.26. The van der Waals surface area contributed by atoms with Crippen molar-refractivity contribution in [2.75, 3.05) is 13.3 Å². The molecule has 0 aromatic heterocycles. The van der Waals surface area contributed by atoms with E-state index in [-0.39, 0.29) is 0 Å². The van der Waals surface area contributed by atoms with Crippen LogP contribution in [0.1, 0.15) is 0 Å². The first-order valence-electron chi connectivity index (χ1n) is 4.30. The lowest BCUT2D eigenvalue weighted by Gasteiger charge is -2.06. The van der Waals surface area contributed by atoms with Crippen LogP contribution in [0.25, 0.3) is 0 Å². The Morgan fingerprint density at radius 2 is 2.06 bits per heavy atom. The predicted molar refractivity (Wildman–Crippen MR) is 49.5 cm³/mol. The fourth-order valence-electron chi connectivity index (χ4n) is 0.994. The number of carbonyl (C=O) groups is 1. The standard InChI is InChI=1S/C9H6F3NO4/c10-3-5(14)4-17-9-7(13(15)16)2-1-6(11)8(9)12/h1-2H,3-4H2. The van der Waals surface area contributed by atoms with E-state index >= 15 is 0 Å². The van der Waals surface area contributed by atoms with Gasteiger partial charge in [-0.3, -0.25) is 14.9 Å². The Hall–Kier alpha value is -2.12. The third kappa shape index (κ3) is 2.92. The van der Waals surface area contributed by atoms with E-state index < -0.39 is 47.1 Å². The molecule has 0 spiro atoms. The second-order valence-electron chi connectivity index (χ2n) is 2.93. The lowest BCUT2D eigenvalue weighted by Crippen LogP contribution is -2.14. The summed E-state index contributed by atoms with van der Waals surface area (Å²) in [5, 5.41) is 10.5. The number of nitro groups is 1. The largest absolute Gasteiger partial charge is 0.477 e. The van der Waals surface area contributed by atoms with E-state index in [9.17, 15) is 28.1 Å². The number of hydrogen-bond donors (Lipinski definition) is 0. The minimum absolute atomic E-state index is 0.553. The summed E-state index contributed by atoms with van der Waals surface area (Å²) >= 11 is 0. The summed E-state index contributed by atoms with van der Waals surface area (Å²) in [6, 6.07) is 1.24. The van der Waals surface area contributed by atoms with E-state index in [1.54, 1.807) is 0 Å². The SMILES string of the molecule is O=C(CF)COc1c([N+](=O)[O-])ccc(F)c1F. The zero-order valence-electron chi connectivity index (χ0n) is 8.28. The molecular formula is C9H6F3NO4. The smallest absolute Gasteiger partial charge is 0.314 e. The number of Topliss-reactive ketones (excluding diaryl/α,β-unsaturated/α-hetero) is 1. The Kier molecular flexibility index (Phi) is 4.02. The second-order valence-corrected chi connectivity index (χ2v) is 2.93. The molecular weight excluding hydrogens is 243 g/mol. The topological polar surface area (TPSA) is 69.4 Å². The zero-order chi connectivity index (χ0) is 13.0. The van der Waals surface area contributed by atoms with Gasteiger partial charge in [-0.05, 0) is 6.07 Å². The first-order chi connectivity index (χ1) is 7.97. The van der Waals surface area contributed by atoms with Crippen LogP contribution >= 0.6 is 0 Å². The molecule has 0 N–H and O–H groups in total. The molecule has 0 bridgehead atoms. The summed E-state index contributed by atoms with van der Waals surface area (Å²) in [5.41, 5.74) is -0.837. The van der Waals surface area contributed by atoms with Gasteiger partial charge in [-0.25, -0.2) is 8.78 Å². The molecule has 0 fully saturated rings. The van der Waals surface area contributed by atoms with Crippen molar-refractivity contribution < 1.29 is 27.6 Å². The molecule has 0 aliphatic rings. The van der Waals surface area contributed by atoms with Crippen molar-refractivity contribution in [3.63, 3.8) is 0 Å². The van der Waals surface area contributed by atoms with Gasteiger partial charge < -0.3 is 4.74 Å². The maximum absolute atomic E-state index is 13.2. The van der Waals surface area contributed by atoms with E-state index in [0.29, 0.717) is 12.1 Å². The molecule has 0 atom stereocenters. The Bertz CT molecular complexity index is 464. The molecule has 0 unspecified atom stereocenters. The summed E-state index contributed by atoms with van der Waals surface area (Å²) in [6.07, 6.45) is 0. The van der Waals surface area contributed by atoms with Crippen LogP contribution in [0.2, 0.25) is 0 Å². The molecule has 1 aromatic carbocycles. The van der Waals surface area contributed by atoms with Gasteiger partial charge in [-0.1, -0.05) is 0 Å². The Balaban J connectivity index is 3.06. The highest BCUT2D eigenvalue weighted by Crippen LogP contribution is 2.31. The highest BCUT2D eigenvalue weighted by molar-refractivity contribution is 5.81. The average Bonchev–Trinajstić information content (AvgIpc) is 2.30. The van der Waals surface area contributed by atoms with Crippen molar-refractivity contribution in [3.05, 3.63) is 33.9 Å². The van der Waals surface area contributed by atoms with Crippen molar-refractivity contribution in [2.24, 2.45) is 0 Å². The monoisotopic (exact) mass is 249 g/mol. The number of ketones is 1. The van der Waals surface area contributed by atoms with Gasteiger partial charge in [-0.2, -0.15) is 4.39 Å². The average molecular weight is 249 g/mol.